The summed E-state index contributed by atoms with van der Waals surface area (Å²) in [6.07, 6.45) is 3.62. The van der Waals surface area contributed by atoms with E-state index in [2.05, 4.69) is 33.9 Å². The van der Waals surface area contributed by atoms with Gasteiger partial charge >= 0.3 is 27.7 Å². The molecule has 9 heteroatoms. The Kier molecular flexibility index (Phi) is 14.9. The monoisotopic (exact) mass is 497 g/mol. The Labute approximate surface area is 156 Å². The molecule has 2 aromatic rings. The fourth-order valence-corrected chi connectivity index (χ4v) is 1.89. The van der Waals surface area contributed by atoms with Crippen molar-refractivity contribution in [3.8, 4) is 0 Å². The van der Waals surface area contributed by atoms with E-state index in [-0.39, 0.29) is 20.1 Å². The molecule has 0 saturated carbocycles. The summed E-state index contributed by atoms with van der Waals surface area (Å²) in [5.41, 5.74) is 0. The largest absolute Gasteiger partial charge is 3.00 e. The Morgan fingerprint density at radius 1 is 0.875 bits per heavy atom. The number of carbonyl (C=O) groups excluding carboxylic acids is 1. The van der Waals surface area contributed by atoms with Gasteiger partial charge in [0.1, 0.15) is 11.6 Å². The molecule has 121 valence electrons. The van der Waals surface area contributed by atoms with E-state index in [1.54, 1.807) is 0 Å². The van der Waals surface area contributed by atoms with Crippen LogP contribution in [0.2, 0.25) is 0 Å². The van der Waals surface area contributed by atoms with Crippen LogP contribution >= 0.6 is 0 Å². The minimum atomic E-state index is 0. The number of anilines is 2. The van der Waals surface area contributed by atoms with Crippen LogP contribution < -0.4 is 9.62 Å². The minimum absolute atomic E-state index is 0. The molecule has 1 aliphatic rings. The maximum atomic E-state index is 7.75. The third-order valence-corrected chi connectivity index (χ3v) is 2.75. The maximum absolute atomic E-state index is 7.75. The third-order valence-electron chi connectivity index (χ3n) is 2.75. The van der Waals surface area contributed by atoms with Crippen LogP contribution in [0.1, 0.15) is 0 Å². The van der Waals surface area contributed by atoms with Gasteiger partial charge in [0.15, 0.2) is 0 Å². The summed E-state index contributed by atoms with van der Waals surface area (Å²) in [6.45, 7) is 14.6. The molecular formula is C15H13BIrN6O. The molecule has 0 spiro atoms. The first kappa shape index (κ1) is 23.5. The molecule has 1 saturated heterocycles. The smallest absolute Gasteiger partial charge is 0.545 e. The maximum Gasteiger partial charge on any atom is 3.00 e. The molecule has 0 N–H and O–H groups in total. The zero-order valence-corrected chi connectivity index (χ0v) is 15.0. The van der Waals surface area contributed by atoms with Crippen LogP contribution in [0.4, 0.5) is 11.6 Å². The van der Waals surface area contributed by atoms with Gasteiger partial charge in [-0.3, -0.25) is 6.79 Å². The second-order valence-corrected chi connectivity index (χ2v) is 3.88. The van der Waals surface area contributed by atoms with Crippen molar-refractivity contribution in [3.05, 3.63) is 61.9 Å². The van der Waals surface area contributed by atoms with E-state index in [1.165, 1.54) is 0 Å². The average molecular weight is 496 g/mol. The molecule has 3 heterocycles. The molecule has 2 aromatic heterocycles. The van der Waals surface area contributed by atoms with Crippen LogP contribution in [0.5, 0.6) is 0 Å². The van der Waals surface area contributed by atoms with Gasteiger partial charge in [-0.2, -0.15) is 0 Å². The molecular weight excluding hydrogens is 483 g/mol. The van der Waals surface area contributed by atoms with E-state index in [1.807, 2.05) is 48.8 Å². The normalized spacial score (nSPS) is 10.8. The Hall–Kier alpha value is -2.74. The minimum Gasteiger partial charge on any atom is -0.545 e. The van der Waals surface area contributed by atoms with Crippen molar-refractivity contribution in [3.63, 3.8) is 0 Å². The predicted octanol–water partition coefficient (Wildman–Crippen LogP) is 1.25. The van der Waals surface area contributed by atoms with Crippen molar-refractivity contribution in [2.24, 2.45) is 0 Å². The average Bonchev–Trinajstić information content (AvgIpc) is 3.18. The summed E-state index contributed by atoms with van der Waals surface area (Å²) in [6, 6.07) is 11.9. The molecule has 1 fully saturated rings. The van der Waals surface area contributed by atoms with E-state index in [0.717, 1.165) is 24.7 Å². The summed E-state index contributed by atoms with van der Waals surface area (Å²) in [5, 5.41) is 12.5. The van der Waals surface area contributed by atoms with Gasteiger partial charge in [-0.1, -0.05) is 12.1 Å². The molecule has 1 aliphatic heterocycles. The van der Waals surface area contributed by atoms with Crippen LogP contribution in [0, 0.1) is 23.7 Å². The molecule has 7 nitrogen and oxygen atoms in total. The summed E-state index contributed by atoms with van der Waals surface area (Å²) in [4.78, 5) is 20.7. The van der Waals surface area contributed by atoms with Crippen LogP contribution in [0.15, 0.2) is 48.8 Å². The van der Waals surface area contributed by atoms with Gasteiger partial charge in [0.2, 0.25) is 0 Å². The molecule has 0 aromatic carbocycles. The van der Waals surface area contributed by atoms with Gasteiger partial charge in [-0.15, -0.1) is 0 Å². The fraction of sp³-hybridized carbons (Fsp3) is 0.133. The zero-order valence-electron chi connectivity index (χ0n) is 12.6. The number of pyridine rings is 2. The number of aromatic nitrogens is 2. The Bertz CT molecular complexity index is 532. The molecule has 0 aliphatic carbocycles. The van der Waals surface area contributed by atoms with Gasteiger partial charge in [0.05, 0.1) is 0 Å². The first-order valence-corrected chi connectivity index (χ1v) is 6.32. The van der Waals surface area contributed by atoms with Crippen molar-refractivity contribution >= 4 is 26.0 Å². The Morgan fingerprint density at radius 3 is 1.54 bits per heavy atom. The van der Waals surface area contributed by atoms with Crippen molar-refractivity contribution in [2.75, 3.05) is 22.7 Å². The van der Waals surface area contributed by atoms with E-state index in [4.69, 9.17) is 28.5 Å². The molecule has 24 heavy (non-hydrogen) atoms. The van der Waals surface area contributed by atoms with Crippen LogP contribution in [0.3, 0.4) is 0 Å². The van der Waals surface area contributed by atoms with Crippen LogP contribution in [-0.2, 0) is 24.9 Å². The number of hydrogen-bond acceptors (Lipinski definition) is 7. The van der Waals surface area contributed by atoms with Crippen molar-refractivity contribution < 1.29 is 24.9 Å². The zero-order chi connectivity index (χ0) is 17.5. The van der Waals surface area contributed by atoms with Crippen molar-refractivity contribution in [1.82, 2.24) is 9.97 Å². The van der Waals surface area contributed by atoms with Crippen LogP contribution in [-0.4, -0.2) is 37.4 Å². The van der Waals surface area contributed by atoms with Gasteiger partial charge < -0.3 is 38.1 Å². The summed E-state index contributed by atoms with van der Waals surface area (Å²) < 4.78 is 0. The number of hydrogen-bond donors (Lipinski definition) is 0. The second kappa shape index (κ2) is 15.2. The standard InChI is InChI=1S/C12H12BN4.2CN.CHO.Ir/c1-3-7-14-11(5-1)16-9-10-17(13-16)12-6-2-4-8-15-12;3*1-2;/h1-8H,9-10H2;;;1H;/q;3*-1;+3. The van der Waals surface area contributed by atoms with E-state index >= 15 is 0 Å². The first-order chi connectivity index (χ1) is 11.4. The second-order valence-electron chi connectivity index (χ2n) is 3.88. The van der Waals surface area contributed by atoms with Gasteiger partial charge in [0.25, 0.3) is 0 Å². The van der Waals surface area contributed by atoms with Crippen molar-refractivity contribution in [1.29, 1.82) is 10.5 Å². The predicted molar refractivity (Wildman–Crippen MR) is 85.6 cm³/mol. The van der Waals surface area contributed by atoms with E-state index in [0.29, 0.717) is 0 Å². The van der Waals surface area contributed by atoms with Crippen LogP contribution in [0.25, 0.3) is 0 Å². The molecule has 1 radical (unpaired) electrons. The Balaban J connectivity index is 0. The van der Waals surface area contributed by atoms with Crippen molar-refractivity contribution in [2.45, 2.75) is 0 Å². The summed E-state index contributed by atoms with van der Waals surface area (Å²) in [5.74, 6) is 1.96. The van der Waals surface area contributed by atoms with Gasteiger partial charge in [-0.05, 0) is 24.3 Å². The molecule has 0 bridgehead atoms. The Morgan fingerprint density at radius 2 is 1.25 bits per heavy atom. The topological polar surface area (TPSA) is 96.9 Å². The summed E-state index contributed by atoms with van der Waals surface area (Å²) in [7, 11) is 2.06. The first-order valence-electron chi connectivity index (χ1n) is 6.32. The summed E-state index contributed by atoms with van der Waals surface area (Å²) >= 11 is 0. The molecule has 3 rings (SSSR count). The quantitative estimate of drug-likeness (QED) is 0.351. The van der Waals surface area contributed by atoms with Gasteiger partial charge in [-0.25, -0.2) is 9.97 Å². The molecule has 0 unspecified atom stereocenters. The number of nitrogens with zero attached hydrogens (tertiary/aromatic N) is 6. The van der Waals surface area contributed by atoms with E-state index in [9.17, 15) is 0 Å². The SMILES string of the molecule is [B]1N(c2ccccn2)CCN1c1ccccn1.[C-]#N.[C-]#N.[CH-]=O.[Ir+3]. The third kappa shape index (κ3) is 7.02. The molecule has 0 amide bonds. The van der Waals surface area contributed by atoms with E-state index < -0.39 is 0 Å². The number of rotatable bonds is 2. The van der Waals surface area contributed by atoms with Gasteiger partial charge in [0, 0.05) is 25.5 Å². The fourth-order valence-electron chi connectivity index (χ4n) is 1.89. The molecule has 0 atom stereocenters.